The van der Waals surface area contributed by atoms with Crippen molar-refractivity contribution in [2.45, 2.75) is 13.3 Å². The van der Waals surface area contributed by atoms with Crippen LogP contribution in [0.1, 0.15) is 28.0 Å². The van der Waals surface area contributed by atoms with Gasteiger partial charge in [-0.15, -0.1) is 0 Å². The predicted octanol–water partition coefficient (Wildman–Crippen LogP) is 4.60. The fraction of sp³-hybridized carbons (Fsp3) is 0.240. The summed E-state index contributed by atoms with van der Waals surface area (Å²) < 4.78 is 28.8. The zero-order valence-corrected chi connectivity index (χ0v) is 18.2. The summed E-state index contributed by atoms with van der Waals surface area (Å²) in [5.74, 6) is -0.244. The molecule has 8 heteroatoms. The minimum absolute atomic E-state index is 0.152. The quantitative estimate of drug-likeness (QED) is 0.459. The van der Waals surface area contributed by atoms with Crippen molar-refractivity contribution >= 4 is 17.2 Å². The van der Waals surface area contributed by atoms with Gasteiger partial charge < -0.3 is 9.80 Å². The molecule has 0 radical (unpaired) electrons. The van der Waals surface area contributed by atoms with Crippen molar-refractivity contribution in [3.63, 3.8) is 0 Å². The van der Waals surface area contributed by atoms with Gasteiger partial charge in [0, 0.05) is 37.4 Å². The molecule has 1 amide bonds. The number of aryl methyl sites for hydroxylation is 1. The van der Waals surface area contributed by atoms with Gasteiger partial charge in [0.05, 0.1) is 11.9 Å². The minimum atomic E-state index is -2.75. The molecule has 0 saturated carbocycles. The molecule has 4 aromatic rings. The standard InChI is InChI=1S/C25H23F2N5O/c1-17-7-9-18(10-8-17)21-15-22(23(26)27)32-24(29-21)20(16-28-32)25(33)31-13-11-30(12-14-31)19-5-3-2-4-6-19/h2-10,15-16,23H,11-14H2,1H3. The zero-order valence-electron chi connectivity index (χ0n) is 18.2. The minimum Gasteiger partial charge on any atom is -0.368 e. The van der Waals surface area contributed by atoms with E-state index in [9.17, 15) is 13.6 Å². The van der Waals surface area contributed by atoms with Crippen molar-refractivity contribution in [1.82, 2.24) is 19.5 Å². The summed E-state index contributed by atoms with van der Waals surface area (Å²) in [6.45, 7) is 4.41. The van der Waals surface area contributed by atoms with Crippen LogP contribution in [0.2, 0.25) is 0 Å². The van der Waals surface area contributed by atoms with Crippen molar-refractivity contribution in [3.8, 4) is 11.3 Å². The van der Waals surface area contributed by atoms with Crippen molar-refractivity contribution < 1.29 is 13.6 Å². The van der Waals surface area contributed by atoms with Gasteiger partial charge in [-0.05, 0) is 25.1 Å². The lowest BCUT2D eigenvalue weighted by molar-refractivity contribution is 0.0748. The normalized spacial score (nSPS) is 14.3. The van der Waals surface area contributed by atoms with Crippen LogP contribution >= 0.6 is 0 Å². The molecule has 0 N–H and O–H groups in total. The lowest BCUT2D eigenvalue weighted by atomic mass is 10.1. The van der Waals surface area contributed by atoms with Crippen LogP contribution in [0.15, 0.2) is 66.9 Å². The lowest BCUT2D eigenvalue weighted by Gasteiger charge is -2.36. The topological polar surface area (TPSA) is 53.7 Å². The molecule has 1 saturated heterocycles. The first kappa shape index (κ1) is 21.1. The largest absolute Gasteiger partial charge is 0.368 e. The van der Waals surface area contributed by atoms with Crippen molar-refractivity contribution in [2.75, 3.05) is 31.1 Å². The summed E-state index contributed by atoms with van der Waals surface area (Å²) in [5, 5.41) is 4.08. The number of carbonyl (C=O) groups excluding carboxylic acids is 1. The average Bonchev–Trinajstić information content (AvgIpc) is 3.28. The number of alkyl halides is 2. The van der Waals surface area contributed by atoms with E-state index in [1.165, 1.54) is 12.3 Å². The number of hydrogen-bond acceptors (Lipinski definition) is 4. The van der Waals surface area contributed by atoms with Gasteiger partial charge in [-0.2, -0.15) is 5.10 Å². The van der Waals surface area contributed by atoms with Crippen LogP contribution in [0.3, 0.4) is 0 Å². The number of aromatic nitrogens is 3. The molecule has 5 rings (SSSR count). The number of benzene rings is 2. The Morgan fingerprint density at radius 3 is 2.33 bits per heavy atom. The molecule has 2 aromatic carbocycles. The number of fused-ring (bicyclic) bond motifs is 1. The van der Waals surface area contributed by atoms with Crippen LogP contribution < -0.4 is 4.90 Å². The SMILES string of the molecule is Cc1ccc(-c2cc(C(F)F)n3ncc(C(=O)N4CCN(c5ccccc5)CC4)c3n2)cc1. The summed E-state index contributed by atoms with van der Waals surface area (Å²) >= 11 is 0. The molecule has 0 bridgehead atoms. The van der Waals surface area contributed by atoms with Gasteiger partial charge in [-0.3, -0.25) is 4.79 Å². The maximum Gasteiger partial charge on any atom is 0.280 e. The highest BCUT2D eigenvalue weighted by atomic mass is 19.3. The summed E-state index contributed by atoms with van der Waals surface area (Å²) in [7, 11) is 0. The number of para-hydroxylation sites is 1. The van der Waals surface area contributed by atoms with Gasteiger partial charge in [0.1, 0.15) is 11.3 Å². The second kappa shape index (κ2) is 8.61. The number of halogens is 2. The van der Waals surface area contributed by atoms with Crippen molar-refractivity contribution in [1.29, 1.82) is 0 Å². The first-order chi connectivity index (χ1) is 16.0. The van der Waals surface area contributed by atoms with Crippen LogP contribution in [0, 0.1) is 6.92 Å². The molecule has 0 atom stereocenters. The van der Waals surface area contributed by atoms with E-state index in [4.69, 9.17) is 0 Å². The second-order valence-corrected chi connectivity index (χ2v) is 8.14. The monoisotopic (exact) mass is 447 g/mol. The van der Waals surface area contributed by atoms with Gasteiger partial charge >= 0.3 is 0 Å². The maximum atomic E-state index is 13.8. The van der Waals surface area contributed by atoms with Crippen LogP contribution in [0.25, 0.3) is 16.9 Å². The Morgan fingerprint density at radius 1 is 0.970 bits per heavy atom. The summed E-state index contributed by atoms with van der Waals surface area (Å²) in [6.07, 6.45) is -1.41. The second-order valence-electron chi connectivity index (χ2n) is 8.14. The molecular formula is C25H23F2N5O. The molecule has 0 spiro atoms. The van der Waals surface area contributed by atoms with Gasteiger partial charge in [-0.25, -0.2) is 18.3 Å². The van der Waals surface area contributed by atoms with Crippen molar-refractivity contribution in [2.24, 2.45) is 0 Å². The molecule has 6 nitrogen and oxygen atoms in total. The van der Waals surface area contributed by atoms with Gasteiger partial charge in [-0.1, -0.05) is 48.0 Å². The van der Waals surface area contributed by atoms with Crippen LogP contribution in [-0.2, 0) is 0 Å². The van der Waals surface area contributed by atoms with E-state index < -0.39 is 6.43 Å². The van der Waals surface area contributed by atoms with E-state index in [1.54, 1.807) is 4.90 Å². The predicted molar refractivity (Wildman–Crippen MR) is 123 cm³/mol. The van der Waals surface area contributed by atoms with E-state index in [0.717, 1.165) is 15.8 Å². The fourth-order valence-electron chi connectivity index (χ4n) is 4.14. The Labute approximate surface area is 190 Å². The highest BCUT2D eigenvalue weighted by molar-refractivity contribution is 6.00. The number of nitrogens with zero attached hydrogens (tertiary/aromatic N) is 5. The smallest absolute Gasteiger partial charge is 0.280 e. The molecule has 0 unspecified atom stereocenters. The molecule has 1 aliphatic heterocycles. The number of hydrogen-bond donors (Lipinski definition) is 0. The Kier molecular flexibility index (Phi) is 5.50. The Hall–Kier alpha value is -3.81. The number of anilines is 1. The maximum absolute atomic E-state index is 13.8. The third-order valence-electron chi connectivity index (χ3n) is 5.99. The van der Waals surface area contributed by atoms with E-state index in [1.807, 2.05) is 61.5 Å². The van der Waals surface area contributed by atoms with E-state index in [2.05, 4.69) is 15.0 Å². The average molecular weight is 447 g/mol. The third-order valence-corrected chi connectivity index (χ3v) is 5.99. The van der Waals surface area contributed by atoms with Gasteiger partial charge in [0.15, 0.2) is 5.65 Å². The van der Waals surface area contributed by atoms with Crippen LogP contribution in [0.4, 0.5) is 14.5 Å². The molecule has 1 aliphatic rings. The summed E-state index contributed by atoms with van der Waals surface area (Å²) in [6, 6.07) is 18.9. The van der Waals surface area contributed by atoms with Crippen LogP contribution in [0.5, 0.6) is 0 Å². The van der Waals surface area contributed by atoms with Gasteiger partial charge in [0.25, 0.3) is 12.3 Å². The Bertz CT molecular complexity index is 1280. The number of rotatable bonds is 4. The summed E-state index contributed by atoms with van der Waals surface area (Å²) in [4.78, 5) is 21.8. The zero-order chi connectivity index (χ0) is 22.9. The van der Waals surface area contributed by atoms with E-state index in [0.29, 0.717) is 37.4 Å². The van der Waals surface area contributed by atoms with Crippen LogP contribution in [-0.4, -0.2) is 51.6 Å². The number of carbonyl (C=O) groups is 1. The molecular weight excluding hydrogens is 424 g/mol. The van der Waals surface area contributed by atoms with E-state index in [-0.39, 0.29) is 22.8 Å². The molecule has 1 fully saturated rings. The molecule has 33 heavy (non-hydrogen) atoms. The lowest BCUT2D eigenvalue weighted by Crippen LogP contribution is -2.48. The molecule has 0 aliphatic carbocycles. The number of piperazine rings is 1. The fourth-order valence-corrected chi connectivity index (χ4v) is 4.14. The summed E-state index contributed by atoms with van der Waals surface area (Å²) in [5.41, 5.74) is 3.37. The number of amides is 1. The first-order valence-electron chi connectivity index (χ1n) is 10.8. The van der Waals surface area contributed by atoms with Gasteiger partial charge in [0.2, 0.25) is 0 Å². The highest BCUT2D eigenvalue weighted by Crippen LogP contribution is 2.27. The molecule has 168 valence electrons. The molecule has 3 heterocycles. The highest BCUT2D eigenvalue weighted by Gasteiger charge is 2.27. The Morgan fingerprint density at radius 2 is 1.67 bits per heavy atom. The van der Waals surface area contributed by atoms with Crippen molar-refractivity contribution in [3.05, 3.63) is 83.7 Å². The first-order valence-corrected chi connectivity index (χ1v) is 10.8. The van der Waals surface area contributed by atoms with E-state index >= 15 is 0 Å². The third kappa shape index (κ3) is 4.04. The Balaban J connectivity index is 1.45. The molecule has 2 aromatic heterocycles.